The second kappa shape index (κ2) is 8.44. The predicted molar refractivity (Wildman–Crippen MR) is 113 cm³/mol. The Labute approximate surface area is 166 Å². The van der Waals surface area contributed by atoms with Crippen LogP contribution in [0, 0.1) is 0 Å². The second-order valence-electron chi connectivity index (χ2n) is 7.27. The minimum atomic E-state index is 0.111. The summed E-state index contributed by atoms with van der Waals surface area (Å²) in [5.74, 6) is 0.914. The molecule has 144 valence electrons. The van der Waals surface area contributed by atoms with E-state index in [4.69, 9.17) is 4.74 Å². The summed E-state index contributed by atoms with van der Waals surface area (Å²) in [5.41, 5.74) is 2.08. The van der Waals surface area contributed by atoms with Crippen molar-refractivity contribution in [2.24, 2.45) is 0 Å². The Balaban J connectivity index is 1.51. The molecular weight excluding hydrogens is 348 g/mol. The van der Waals surface area contributed by atoms with Gasteiger partial charge < -0.3 is 9.64 Å². The van der Waals surface area contributed by atoms with Gasteiger partial charge in [-0.2, -0.15) is 0 Å². The van der Waals surface area contributed by atoms with E-state index in [1.807, 2.05) is 47.4 Å². The second-order valence-corrected chi connectivity index (χ2v) is 7.27. The highest BCUT2D eigenvalue weighted by Gasteiger charge is 2.22. The van der Waals surface area contributed by atoms with Crippen LogP contribution in [0.1, 0.15) is 22.3 Å². The van der Waals surface area contributed by atoms with Crippen molar-refractivity contribution in [3.63, 3.8) is 0 Å². The average molecular weight is 374 g/mol. The molecule has 1 heterocycles. The van der Waals surface area contributed by atoms with Crippen LogP contribution in [0.25, 0.3) is 10.8 Å². The number of methoxy groups -OCH3 is 1. The normalized spacial score (nSPS) is 15.4. The lowest BCUT2D eigenvalue weighted by Gasteiger charge is -2.23. The zero-order valence-electron chi connectivity index (χ0n) is 16.3. The van der Waals surface area contributed by atoms with Crippen molar-refractivity contribution in [1.82, 2.24) is 9.80 Å². The standard InChI is InChI=1S/C24H26N2O2/c1-28-23-13-12-22(20-10-5-6-11-21(20)23)24(27)26-15-7-14-25(16-17-26)18-19-8-3-2-4-9-19/h2-6,8-13H,7,14-18H2,1H3. The maximum atomic E-state index is 13.3. The van der Waals surface area contributed by atoms with E-state index in [1.165, 1.54) is 5.56 Å². The summed E-state index contributed by atoms with van der Waals surface area (Å²) in [6.07, 6.45) is 0.993. The maximum Gasteiger partial charge on any atom is 0.254 e. The summed E-state index contributed by atoms with van der Waals surface area (Å²) in [4.78, 5) is 17.7. The molecule has 4 rings (SSSR count). The minimum absolute atomic E-state index is 0.111. The van der Waals surface area contributed by atoms with E-state index in [0.717, 1.165) is 61.2 Å². The molecule has 1 aliphatic rings. The Kier molecular flexibility index (Phi) is 5.58. The van der Waals surface area contributed by atoms with E-state index in [1.54, 1.807) is 7.11 Å². The number of benzene rings is 3. The quantitative estimate of drug-likeness (QED) is 0.686. The van der Waals surface area contributed by atoms with Crippen molar-refractivity contribution in [2.75, 3.05) is 33.3 Å². The summed E-state index contributed by atoms with van der Waals surface area (Å²) in [6.45, 7) is 4.40. The van der Waals surface area contributed by atoms with Crippen LogP contribution < -0.4 is 4.74 Å². The average Bonchev–Trinajstić information content (AvgIpc) is 2.99. The van der Waals surface area contributed by atoms with Gasteiger partial charge in [-0.3, -0.25) is 9.69 Å². The zero-order chi connectivity index (χ0) is 19.3. The number of carbonyl (C=O) groups excluding carboxylic acids is 1. The van der Waals surface area contributed by atoms with Crippen LogP contribution in [-0.4, -0.2) is 49.0 Å². The smallest absolute Gasteiger partial charge is 0.254 e. The fraction of sp³-hybridized carbons (Fsp3) is 0.292. The molecule has 0 aromatic heterocycles. The number of fused-ring (bicyclic) bond motifs is 1. The van der Waals surface area contributed by atoms with Gasteiger partial charge in [0.15, 0.2) is 0 Å². The number of rotatable bonds is 4. The first-order chi connectivity index (χ1) is 13.8. The highest BCUT2D eigenvalue weighted by atomic mass is 16.5. The molecule has 0 bridgehead atoms. The van der Waals surface area contributed by atoms with E-state index < -0.39 is 0 Å². The molecular formula is C24H26N2O2. The summed E-state index contributed by atoms with van der Waals surface area (Å²) in [5, 5.41) is 1.94. The van der Waals surface area contributed by atoms with E-state index in [9.17, 15) is 4.79 Å². The van der Waals surface area contributed by atoms with Gasteiger partial charge in [-0.15, -0.1) is 0 Å². The molecule has 0 aliphatic carbocycles. The number of nitrogens with zero attached hydrogens (tertiary/aromatic N) is 2. The van der Waals surface area contributed by atoms with Crippen LogP contribution >= 0.6 is 0 Å². The van der Waals surface area contributed by atoms with Gasteiger partial charge in [0.1, 0.15) is 5.75 Å². The molecule has 0 atom stereocenters. The van der Waals surface area contributed by atoms with Crippen LogP contribution in [0.15, 0.2) is 66.7 Å². The summed E-state index contributed by atoms with van der Waals surface area (Å²) < 4.78 is 5.47. The lowest BCUT2D eigenvalue weighted by atomic mass is 10.0. The fourth-order valence-electron chi connectivity index (χ4n) is 3.98. The van der Waals surface area contributed by atoms with E-state index in [0.29, 0.717) is 0 Å². The molecule has 4 heteroatoms. The van der Waals surface area contributed by atoms with Crippen molar-refractivity contribution < 1.29 is 9.53 Å². The van der Waals surface area contributed by atoms with Crippen molar-refractivity contribution >= 4 is 16.7 Å². The minimum Gasteiger partial charge on any atom is -0.496 e. The Bertz CT molecular complexity index is 955. The summed E-state index contributed by atoms with van der Waals surface area (Å²) in [6, 6.07) is 22.3. The van der Waals surface area contributed by atoms with Crippen LogP contribution in [0.4, 0.5) is 0 Å². The van der Waals surface area contributed by atoms with Gasteiger partial charge in [-0.05, 0) is 29.5 Å². The van der Waals surface area contributed by atoms with Gasteiger partial charge in [-0.25, -0.2) is 0 Å². The highest BCUT2D eigenvalue weighted by Crippen LogP contribution is 2.29. The Morgan fingerprint density at radius 2 is 1.61 bits per heavy atom. The van der Waals surface area contributed by atoms with E-state index in [-0.39, 0.29) is 5.91 Å². The highest BCUT2D eigenvalue weighted by molar-refractivity contribution is 6.08. The first-order valence-corrected chi connectivity index (χ1v) is 9.87. The van der Waals surface area contributed by atoms with E-state index >= 15 is 0 Å². The number of hydrogen-bond donors (Lipinski definition) is 0. The molecule has 0 N–H and O–H groups in total. The van der Waals surface area contributed by atoms with Crippen molar-refractivity contribution in [3.8, 4) is 5.75 Å². The third-order valence-corrected chi connectivity index (χ3v) is 5.46. The molecule has 3 aromatic rings. The third-order valence-electron chi connectivity index (χ3n) is 5.46. The van der Waals surface area contributed by atoms with Crippen LogP contribution in [-0.2, 0) is 6.54 Å². The topological polar surface area (TPSA) is 32.8 Å². The Hall–Kier alpha value is -2.85. The number of ether oxygens (including phenoxy) is 1. The number of carbonyl (C=O) groups is 1. The Morgan fingerprint density at radius 3 is 2.39 bits per heavy atom. The molecule has 1 amide bonds. The van der Waals surface area contributed by atoms with Crippen molar-refractivity contribution in [3.05, 3.63) is 77.9 Å². The molecule has 0 spiro atoms. The lowest BCUT2D eigenvalue weighted by Crippen LogP contribution is -2.35. The molecule has 28 heavy (non-hydrogen) atoms. The van der Waals surface area contributed by atoms with Crippen molar-refractivity contribution in [1.29, 1.82) is 0 Å². The molecule has 4 nitrogen and oxygen atoms in total. The molecule has 1 saturated heterocycles. The molecule has 0 radical (unpaired) electrons. The first-order valence-electron chi connectivity index (χ1n) is 9.87. The maximum absolute atomic E-state index is 13.3. The summed E-state index contributed by atoms with van der Waals surface area (Å²) >= 11 is 0. The van der Waals surface area contributed by atoms with Crippen LogP contribution in [0.5, 0.6) is 5.75 Å². The fourth-order valence-corrected chi connectivity index (χ4v) is 3.98. The monoisotopic (exact) mass is 374 g/mol. The molecule has 3 aromatic carbocycles. The SMILES string of the molecule is COc1ccc(C(=O)N2CCCN(Cc3ccccc3)CC2)c2ccccc12. The summed E-state index contributed by atoms with van der Waals surface area (Å²) in [7, 11) is 1.67. The molecule has 0 unspecified atom stereocenters. The first kappa shape index (κ1) is 18.5. The van der Waals surface area contributed by atoms with Crippen molar-refractivity contribution in [2.45, 2.75) is 13.0 Å². The zero-order valence-corrected chi connectivity index (χ0v) is 16.3. The number of amides is 1. The van der Waals surface area contributed by atoms with Gasteiger partial charge in [0.2, 0.25) is 0 Å². The Morgan fingerprint density at radius 1 is 0.857 bits per heavy atom. The predicted octanol–water partition coefficient (Wildman–Crippen LogP) is 4.20. The van der Waals surface area contributed by atoms with Gasteiger partial charge >= 0.3 is 0 Å². The lowest BCUT2D eigenvalue weighted by molar-refractivity contribution is 0.0763. The third kappa shape index (κ3) is 3.87. The van der Waals surface area contributed by atoms with Gasteiger partial charge in [0.25, 0.3) is 5.91 Å². The van der Waals surface area contributed by atoms with Crippen LogP contribution in [0.3, 0.4) is 0 Å². The van der Waals surface area contributed by atoms with E-state index in [2.05, 4.69) is 29.2 Å². The van der Waals surface area contributed by atoms with Gasteiger partial charge in [0, 0.05) is 43.7 Å². The molecule has 1 aliphatic heterocycles. The number of hydrogen-bond acceptors (Lipinski definition) is 3. The van der Waals surface area contributed by atoms with Gasteiger partial charge in [0.05, 0.1) is 7.11 Å². The van der Waals surface area contributed by atoms with Crippen LogP contribution in [0.2, 0.25) is 0 Å². The molecule has 0 saturated carbocycles. The molecule has 1 fully saturated rings. The largest absolute Gasteiger partial charge is 0.496 e. The van der Waals surface area contributed by atoms with Gasteiger partial charge in [-0.1, -0.05) is 54.6 Å².